The van der Waals surface area contributed by atoms with Crippen LogP contribution in [0.1, 0.15) is 29.6 Å². The molecule has 31 heavy (non-hydrogen) atoms. The molecule has 3 fully saturated rings. The first kappa shape index (κ1) is 19.3. The van der Waals surface area contributed by atoms with Crippen molar-refractivity contribution in [2.24, 2.45) is 0 Å². The first-order valence-corrected chi connectivity index (χ1v) is 11.7. The average Bonchev–Trinajstić information content (AvgIpc) is 3.23. The number of rotatable bonds is 3. The number of thiazole rings is 1. The second-order valence-electron chi connectivity index (χ2n) is 8.48. The summed E-state index contributed by atoms with van der Waals surface area (Å²) in [5, 5.41) is 17.1. The van der Waals surface area contributed by atoms with Gasteiger partial charge in [0.2, 0.25) is 0 Å². The number of benzene rings is 1. The lowest BCUT2D eigenvalue weighted by molar-refractivity contribution is -0.252. The number of hydrogen-bond acceptors (Lipinski definition) is 10. The molecule has 1 spiro atoms. The molecule has 6 rings (SSSR count). The molecule has 0 bridgehead atoms. The van der Waals surface area contributed by atoms with E-state index in [0.717, 1.165) is 85.3 Å². The fourth-order valence-corrected chi connectivity index (χ4v) is 5.76. The molecule has 2 unspecified atom stereocenters. The fraction of sp³-hybridized carbons (Fsp3) is 0.524. The van der Waals surface area contributed by atoms with Crippen LogP contribution >= 0.6 is 11.3 Å². The van der Waals surface area contributed by atoms with Crippen LogP contribution in [0.2, 0.25) is 0 Å². The monoisotopic (exact) mass is 439 g/mol. The summed E-state index contributed by atoms with van der Waals surface area (Å²) in [6.45, 7) is 7.02. The molecule has 3 aliphatic rings. The highest BCUT2D eigenvalue weighted by atomic mass is 32.1. The number of nitrogens with one attached hydrogen (secondary N) is 1. The lowest BCUT2D eigenvalue weighted by Crippen LogP contribution is -2.66. The van der Waals surface area contributed by atoms with E-state index in [-0.39, 0.29) is 11.6 Å². The SMILES string of the molecule is Cc1csc(C2NOC23CCCN(c2nnnc4cc(N5CCOCC5)ccc24)C3)n1. The molecular weight excluding hydrogens is 414 g/mol. The summed E-state index contributed by atoms with van der Waals surface area (Å²) in [6.07, 6.45) is 2.03. The van der Waals surface area contributed by atoms with E-state index in [1.54, 1.807) is 11.3 Å². The van der Waals surface area contributed by atoms with E-state index in [1.165, 1.54) is 0 Å². The zero-order valence-electron chi connectivity index (χ0n) is 17.5. The van der Waals surface area contributed by atoms with Crippen molar-refractivity contribution >= 4 is 33.7 Å². The summed E-state index contributed by atoms with van der Waals surface area (Å²) in [5.41, 5.74) is 5.94. The number of morpholine rings is 1. The third-order valence-electron chi connectivity index (χ3n) is 6.47. The molecule has 9 nitrogen and oxygen atoms in total. The van der Waals surface area contributed by atoms with Crippen LogP contribution in [0.15, 0.2) is 23.6 Å². The van der Waals surface area contributed by atoms with Gasteiger partial charge in [0, 0.05) is 41.8 Å². The quantitative estimate of drug-likeness (QED) is 0.660. The lowest BCUT2D eigenvalue weighted by atomic mass is 9.83. The molecule has 162 valence electrons. The molecule has 0 aliphatic carbocycles. The highest BCUT2D eigenvalue weighted by Crippen LogP contribution is 2.45. The first-order valence-electron chi connectivity index (χ1n) is 10.8. The van der Waals surface area contributed by atoms with E-state index in [9.17, 15) is 0 Å². The molecule has 3 saturated heterocycles. The van der Waals surface area contributed by atoms with Gasteiger partial charge in [-0.1, -0.05) is 0 Å². The number of anilines is 2. The first-order chi connectivity index (χ1) is 15.2. The van der Waals surface area contributed by atoms with Gasteiger partial charge in [-0.3, -0.25) is 4.84 Å². The smallest absolute Gasteiger partial charge is 0.162 e. The van der Waals surface area contributed by atoms with Gasteiger partial charge in [-0.05, 0) is 43.2 Å². The van der Waals surface area contributed by atoms with E-state index in [1.807, 2.05) is 6.92 Å². The zero-order valence-corrected chi connectivity index (χ0v) is 18.3. The maximum atomic E-state index is 5.99. The van der Waals surface area contributed by atoms with Crippen LogP contribution in [0.3, 0.4) is 0 Å². The van der Waals surface area contributed by atoms with Crippen LogP contribution < -0.4 is 15.3 Å². The van der Waals surface area contributed by atoms with Crippen molar-refractivity contribution in [3.8, 4) is 0 Å². The third-order valence-corrected chi connectivity index (χ3v) is 7.49. The van der Waals surface area contributed by atoms with Crippen molar-refractivity contribution in [2.75, 3.05) is 49.2 Å². The van der Waals surface area contributed by atoms with Crippen molar-refractivity contribution in [3.63, 3.8) is 0 Å². The van der Waals surface area contributed by atoms with E-state index in [2.05, 4.69) is 54.3 Å². The Hall–Kier alpha value is -2.40. The summed E-state index contributed by atoms with van der Waals surface area (Å²) in [4.78, 5) is 15.3. The fourth-order valence-electron chi connectivity index (χ4n) is 4.83. The maximum Gasteiger partial charge on any atom is 0.162 e. The summed E-state index contributed by atoms with van der Waals surface area (Å²) in [6, 6.07) is 6.51. The highest BCUT2D eigenvalue weighted by Gasteiger charge is 2.53. The third kappa shape index (κ3) is 3.34. The molecular formula is C21H25N7O2S. The Morgan fingerprint density at radius 2 is 2.06 bits per heavy atom. The average molecular weight is 440 g/mol. The molecule has 5 heterocycles. The van der Waals surface area contributed by atoms with Crippen LogP contribution in [0, 0.1) is 6.92 Å². The van der Waals surface area contributed by atoms with Gasteiger partial charge < -0.3 is 14.5 Å². The molecule has 0 saturated carbocycles. The van der Waals surface area contributed by atoms with Crippen molar-refractivity contribution in [1.29, 1.82) is 0 Å². The predicted molar refractivity (Wildman–Crippen MR) is 118 cm³/mol. The number of aryl methyl sites for hydroxylation is 1. The standard InChI is InChI=1S/C21H25N7O2S/c1-14-12-31-20(22-14)18-21(30-25-18)5-2-6-28(13-21)19-16-4-3-15(11-17(16)23-26-24-19)27-7-9-29-10-8-27/h3-4,11-12,18,25H,2,5-10,13H2,1H3. The number of nitrogens with zero attached hydrogens (tertiary/aromatic N) is 6. The van der Waals surface area contributed by atoms with Gasteiger partial charge >= 0.3 is 0 Å². The predicted octanol–water partition coefficient (Wildman–Crippen LogP) is 2.24. The summed E-state index contributed by atoms with van der Waals surface area (Å²) in [7, 11) is 0. The number of hydroxylamine groups is 1. The molecule has 10 heteroatoms. The number of piperidine rings is 1. The van der Waals surface area contributed by atoms with E-state index in [0.29, 0.717) is 0 Å². The van der Waals surface area contributed by atoms with Gasteiger partial charge in [-0.25, -0.2) is 4.98 Å². The van der Waals surface area contributed by atoms with Crippen LogP contribution in [0.5, 0.6) is 0 Å². The van der Waals surface area contributed by atoms with Crippen molar-refractivity contribution in [2.45, 2.75) is 31.4 Å². The van der Waals surface area contributed by atoms with Gasteiger partial charge in [0.25, 0.3) is 0 Å². The summed E-state index contributed by atoms with van der Waals surface area (Å²) < 4.78 is 5.48. The van der Waals surface area contributed by atoms with Gasteiger partial charge in [0.1, 0.15) is 22.2 Å². The minimum absolute atomic E-state index is 0.114. The second kappa shape index (κ2) is 7.63. The van der Waals surface area contributed by atoms with E-state index in [4.69, 9.17) is 14.6 Å². The Morgan fingerprint density at radius 1 is 1.16 bits per heavy atom. The Morgan fingerprint density at radius 3 is 2.84 bits per heavy atom. The Labute approximate surface area is 184 Å². The van der Waals surface area contributed by atoms with Crippen molar-refractivity contribution in [1.82, 2.24) is 25.9 Å². The molecule has 3 aliphatic heterocycles. The molecule has 2 atom stereocenters. The minimum atomic E-state index is -0.284. The van der Waals surface area contributed by atoms with Crippen LogP contribution in [0.25, 0.3) is 10.9 Å². The van der Waals surface area contributed by atoms with Gasteiger partial charge in [0.15, 0.2) is 5.82 Å². The molecule has 0 amide bonds. The second-order valence-corrected chi connectivity index (χ2v) is 9.37. The van der Waals surface area contributed by atoms with E-state index >= 15 is 0 Å². The van der Waals surface area contributed by atoms with Gasteiger partial charge in [0.05, 0.1) is 19.8 Å². The van der Waals surface area contributed by atoms with E-state index < -0.39 is 0 Å². The number of fused-ring (bicyclic) bond motifs is 1. The molecule has 0 radical (unpaired) electrons. The van der Waals surface area contributed by atoms with Gasteiger partial charge in [-0.15, -0.1) is 21.5 Å². The number of ether oxygens (including phenoxy) is 1. The Bertz CT molecular complexity index is 1100. The van der Waals surface area contributed by atoms with Crippen molar-refractivity contribution in [3.05, 3.63) is 34.3 Å². The molecule has 1 N–H and O–H groups in total. The minimum Gasteiger partial charge on any atom is -0.378 e. The normalized spacial score (nSPS) is 26.4. The van der Waals surface area contributed by atoms with Crippen LogP contribution in [0.4, 0.5) is 11.5 Å². The summed E-state index contributed by atoms with van der Waals surface area (Å²) >= 11 is 1.69. The lowest BCUT2D eigenvalue weighted by Gasteiger charge is -2.53. The Balaban J connectivity index is 1.29. The highest BCUT2D eigenvalue weighted by molar-refractivity contribution is 7.09. The Kier molecular flexibility index (Phi) is 4.75. The summed E-state index contributed by atoms with van der Waals surface area (Å²) in [5.74, 6) is 0.877. The number of hydrogen-bond donors (Lipinski definition) is 1. The van der Waals surface area contributed by atoms with Crippen LogP contribution in [-0.2, 0) is 9.57 Å². The van der Waals surface area contributed by atoms with Crippen molar-refractivity contribution < 1.29 is 9.57 Å². The maximum absolute atomic E-state index is 5.99. The van der Waals surface area contributed by atoms with Crippen LogP contribution in [-0.4, -0.2) is 65.4 Å². The molecule has 2 aromatic heterocycles. The molecule has 3 aromatic rings. The largest absolute Gasteiger partial charge is 0.378 e. The number of aromatic nitrogens is 4. The molecule has 1 aromatic carbocycles. The zero-order chi connectivity index (χ0) is 20.8. The topological polar surface area (TPSA) is 88.5 Å². The van der Waals surface area contributed by atoms with Gasteiger partial charge in [-0.2, -0.15) is 5.48 Å².